The number of nitrogens with zero attached hydrogens (tertiary/aromatic N) is 1. The van der Waals surface area contributed by atoms with Crippen LogP contribution in [0.1, 0.15) is 39.5 Å². The third-order valence-electron chi connectivity index (χ3n) is 5.29. The molecule has 2 unspecified atom stereocenters. The predicted octanol–water partition coefficient (Wildman–Crippen LogP) is 2.08. The Morgan fingerprint density at radius 3 is 2.37 bits per heavy atom. The topological polar surface area (TPSA) is 108 Å². The van der Waals surface area contributed by atoms with Crippen LogP contribution in [0, 0.1) is 5.92 Å². The zero-order valence-electron chi connectivity index (χ0n) is 15.5. The van der Waals surface area contributed by atoms with E-state index in [-0.39, 0.29) is 24.3 Å². The highest BCUT2D eigenvalue weighted by molar-refractivity contribution is 6.10. The first-order valence-corrected chi connectivity index (χ1v) is 9.13. The molecule has 3 rings (SSSR count). The van der Waals surface area contributed by atoms with Crippen molar-refractivity contribution in [1.29, 1.82) is 0 Å². The number of benzene rings is 1. The van der Waals surface area contributed by atoms with Crippen LogP contribution in [0.25, 0.3) is 0 Å². The molecule has 2 atom stereocenters. The molecular weight excluding hydrogens is 348 g/mol. The number of imide groups is 1. The first-order valence-electron chi connectivity index (χ1n) is 9.13. The van der Waals surface area contributed by atoms with Gasteiger partial charge in [-0.2, -0.15) is 0 Å². The van der Waals surface area contributed by atoms with E-state index in [1.165, 1.54) is 6.92 Å². The van der Waals surface area contributed by atoms with Crippen LogP contribution in [-0.2, 0) is 14.4 Å². The van der Waals surface area contributed by atoms with Crippen LogP contribution in [0.15, 0.2) is 24.3 Å². The van der Waals surface area contributed by atoms with E-state index >= 15 is 0 Å². The molecule has 1 aliphatic carbocycles. The lowest BCUT2D eigenvalue weighted by Gasteiger charge is -2.36. The lowest BCUT2D eigenvalue weighted by atomic mass is 9.73. The molecular formula is C19H24N4O4. The number of carbonyl (C=O) groups is 4. The van der Waals surface area contributed by atoms with E-state index in [1.807, 2.05) is 6.92 Å². The van der Waals surface area contributed by atoms with Crippen LogP contribution < -0.4 is 16.0 Å². The summed E-state index contributed by atoms with van der Waals surface area (Å²) >= 11 is 0. The highest BCUT2D eigenvalue weighted by atomic mass is 16.2. The first kappa shape index (κ1) is 18.9. The molecule has 1 saturated heterocycles. The zero-order chi connectivity index (χ0) is 19.6. The summed E-state index contributed by atoms with van der Waals surface area (Å²) in [6.45, 7) is 3.05. The number of hydrogen-bond acceptors (Lipinski definition) is 4. The standard InChI is InChI=1S/C19H24N4O4/c1-12-5-3-4-10-19(12)17(26)23(18(27)22-19)11-16(25)21-15-8-6-14(7-9-15)20-13(2)24/h6-9,12H,3-5,10-11H2,1-2H3,(H,20,24)(H,21,25)(H,22,27). The monoisotopic (exact) mass is 372 g/mol. The maximum atomic E-state index is 12.9. The van der Waals surface area contributed by atoms with Crippen LogP contribution in [-0.4, -0.2) is 40.7 Å². The van der Waals surface area contributed by atoms with Crippen molar-refractivity contribution in [2.75, 3.05) is 17.2 Å². The van der Waals surface area contributed by atoms with Crippen molar-refractivity contribution < 1.29 is 19.2 Å². The van der Waals surface area contributed by atoms with Gasteiger partial charge in [-0.1, -0.05) is 19.8 Å². The number of anilines is 2. The zero-order valence-corrected chi connectivity index (χ0v) is 15.5. The Labute approximate surface area is 157 Å². The summed E-state index contributed by atoms with van der Waals surface area (Å²) in [5, 5.41) is 8.13. The third kappa shape index (κ3) is 3.79. The minimum atomic E-state index is -0.865. The first-order chi connectivity index (χ1) is 12.8. The van der Waals surface area contributed by atoms with Crippen LogP contribution in [0.2, 0.25) is 0 Å². The highest BCUT2D eigenvalue weighted by Crippen LogP contribution is 2.38. The largest absolute Gasteiger partial charge is 0.326 e. The fraction of sp³-hybridized carbons (Fsp3) is 0.474. The van der Waals surface area contributed by atoms with Gasteiger partial charge in [-0.15, -0.1) is 0 Å². The van der Waals surface area contributed by atoms with E-state index in [0.29, 0.717) is 17.8 Å². The fourth-order valence-electron chi connectivity index (χ4n) is 3.82. The minimum Gasteiger partial charge on any atom is -0.326 e. The Morgan fingerprint density at radius 1 is 1.15 bits per heavy atom. The summed E-state index contributed by atoms with van der Waals surface area (Å²) in [6.07, 6.45) is 3.42. The number of rotatable bonds is 4. The quantitative estimate of drug-likeness (QED) is 0.703. The molecule has 8 heteroatoms. The van der Waals surface area contributed by atoms with Gasteiger partial charge in [0.05, 0.1) is 0 Å². The van der Waals surface area contributed by atoms with Gasteiger partial charge in [-0.3, -0.25) is 19.3 Å². The molecule has 8 nitrogen and oxygen atoms in total. The maximum Gasteiger partial charge on any atom is 0.325 e. The van der Waals surface area contributed by atoms with Crippen LogP contribution in [0.3, 0.4) is 0 Å². The summed E-state index contributed by atoms with van der Waals surface area (Å²) in [5.41, 5.74) is 0.264. The Morgan fingerprint density at radius 2 is 1.78 bits per heavy atom. The van der Waals surface area contributed by atoms with Gasteiger partial charge < -0.3 is 16.0 Å². The van der Waals surface area contributed by atoms with E-state index in [2.05, 4.69) is 16.0 Å². The number of amides is 5. The second-order valence-electron chi connectivity index (χ2n) is 7.25. The lowest BCUT2D eigenvalue weighted by Crippen LogP contribution is -2.54. The second kappa shape index (κ2) is 7.38. The number of carbonyl (C=O) groups excluding carboxylic acids is 4. The van der Waals surface area contributed by atoms with Gasteiger partial charge in [0.25, 0.3) is 5.91 Å². The molecule has 1 aliphatic heterocycles. The molecule has 1 aromatic carbocycles. The molecule has 2 fully saturated rings. The number of nitrogens with one attached hydrogen (secondary N) is 3. The van der Waals surface area contributed by atoms with Crippen LogP contribution in [0.4, 0.5) is 16.2 Å². The average Bonchev–Trinajstić information content (AvgIpc) is 2.84. The van der Waals surface area contributed by atoms with Crippen molar-refractivity contribution in [2.24, 2.45) is 5.92 Å². The average molecular weight is 372 g/mol. The van der Waals surface area contributed by atoms with Gasteiger partial charge in [0.1, 0.15) is 12.1 Å². The third-order valence-corrected chi connectivity index (χ3v) is 5.29. The van der Waals surface area contributed by atoms with E-state index in [0.717, 1.165) is 24.2 Å². The molecule has 5 amide bonds. The number of hydrogen-bond donors (Lipinski definition) is 3. The molecule has 3 N–H and O–H groups in total. The summed E-state index contributed by atoms with van der Waals surface area (Å²) in [7, 11) is 0. The number of urea groups is 1. The van der Waals surface area contributed by atoms with Crippen LogP contribution in [0.5, 0.6) is 0 Å². The fourth-order valence-corrected chi connectivity index (χ4v) is 3.82. The van der Waals surface area contributed by atoms with Gasteiger partial charge in [0.2, 0.25) is 11.8 Å². The van der Waals surface area contributed by atoms with Crippen LogP contribution >= 0.6 is 0 Å². The summed E-state index contributed by atoms with van der Waals surface area (Å²) in [4.78, 5) is 49.5. The molecule has 0 aromatic heterocycles. The lowest BCUT2D eigenvalue weighted by molar-refractivity contribution is -0.136. The molecule has 27 heavy (non-hydrogen) atoms. The Hall–Kier alpha value is -2.90. The summed E-state index contributed by atoms with van der Waals surface area (Å²) in [5.74, 6) is -0.893. The normalized spacial score (nSPS) is 24.7. The molecule has 2 aliphatic rings. The molecule has 0 bridgehead atoms. The maximum absolute atomic E-state index is 12.9. The highest BCUT2D eigenvalue weighted by Gasteiger charge is 2.55. The molecule has 1 spiro atoms. The molecule has 144 valence electrons. The van der Waals surface area contributed by atoms with E-state index in [1.54, 1.807) is 24.3 Å². The van der Waals surface area contributed by atoms with Gasteiger partial charge in [-0.25, -0.2) is 4.79 Å². The van der Waals surface area contributed by atoms with Crippen molar-refractivity contribution >= 4 is 35.1 Å². The predicted molar refractivity (Wildman–Crippen MR) is 100.0 cm³/mol. The van der Waals surface area contributed by atoms with E-state index < -0.39 is 17.5 Å². The van der Waals surface area contributed by atoms with Gasteiger partial charge in [0, 0.05) is 18.3 Å². The van der Waals surface area contributed by atoms with E-state index in [9.17, 15) is 19.2 Å². The summed E-state index contributed by atoms with van der Waals surface area (Å²) < 4.78 is 0. The second-order valence-corrected chi connectivity index (χ2v) is 7.25. The van der Waals surface area contributed by atoms with E-state index in [4.69, 9.17) is 0 Å². The molecule has 1 aromatic rings. The smallest absolute Gasteiger partial charge is 0.325 e. The molecule has 1 heterocycles. The van der Waals surface area contributed by atoms with Gasteiger partial charge in [-0.05, 0) is 43.0 Å². The van der Waals surface area contributed by atoms with Crippen molar-refractivity contribution in [3.63, 3.8) is 0 Å². The van der Waals surface area contributed by atoms with Crippen molar-refractivity contribution in [3.8, 4) is 0 Å². The van der Waals surface area contributed by atoms with Gasteiger partial charge >= 0.3 is 6.03 Å². The summed E-state index contributed by atoms with van der Waals surface area (Å²) in [6, 6.07) is 6.08. The molecule has 0 radical (unpaired) electrons. The minimum absolute atomic E-state index is 0.0529. The SMILES string of the molecule is CC(=O)Nc1ccc(NC(=O)CN2C(=O)NC3(CCCCC3C)C2=O)cc1. The van der Waals surface area contributed by atoms with Crippen molar-refractivity contribution in [2.45, 2.75) is 45.1 Å². The Balaban J connectivity index is 1.63. The van der Waals surface area contributed by atoms with Crippen molar-refractivity contribution in [1.82, 2.24) is 10.2 Å². The molecule has 1 saturated carbocycles. The van der Waals surface area contributed by atoms with Crippen molar-refractivity contribution in [3.05, 3.63) is 24.3 Å². The van der Waals surface area contributed by atoms with Gasteiger partial charge in [0.15, 0.2) is 0 Å². The Kier molecular flexibility index (Phi) is 5.16. The Bertz CT molecular complexity index is 776.